The van der Waals surface area contributed by atoms with E-state index in [9.17, 15) is 19.2 Å². The first kappa shape index (κ1) is 29.8. The van der Waals surface area contributed by atoms with Crippen molar-refractivity contribution in [2.45, 2.75) is 62.2 Å². The van der Waals surface area contributed by atoms with Crippen LogP contribution in [0.25, 0.3) is 0 Å². The molecule has 0 N–H and O–H groups in total. The highest BCUT2D eigenvalue weighted by atomic mass is 32.2. The van der Waals surface area contributed by atoms with E-state index in [-0.39, 0.29) is 19.0 Å². The van der Waals surface area contributed by atoms with Crippen molar-refractivity contribution in [2.75, 3.05) is 13.2 Å². The summed E-state index contributed by atoms with van der Waals surface area (Å²) in [5, 5.41) is 0. The molecule has 3 aromatic carbocycles. The molecule has 0 saturated heterocycles. The second-order valence-electron chi connectivity index (χ2n) is 11.0. The molecule has 42 heavy (non-hydrogen) atoms. The largest absolute Gasteiger partial charge is 0.465 e. The molecule has 1 heterocycles. The van der Waals surface area contributed by atoms with E-state index in [2.05, 4.69) is 26.0 Å². The van der Waals surface area contributed by atoms with Crippen LogP contribution in [0.3, 0.4) is 0 Å². The molecule has 0 amide bonds. The van der Waals surface area contributed by atoms with Gasteiger partial charge in [0.15, 0.2) is 12.4 Å². The van der Waals surface area contributed by atoms with Gasteiger partial charge >= 0.3 is 11.9 Å². The van der Waals surface area contributed by atoms with E-state index in [0.29, 0.717) is 18.4 Å². The first-order chi connectivity index (χ1) is 20.4. The van der Waals surface area contributed by atoms with Crippen molar-refractivity contribution in [1.82, 2.24) is 0 Å². The zero-order valence-electron chi connectivity index (χ0n) is 24.3. The van der Waals surface area contributed by atoms with Crippen LogP contribution in [0.15, 0.2) is 76.5 Å². The second kappa shape index (κ2) is 12.7. The number of aryl methyl sites for hydroxylation is 2. The molecule has 0 aromatic heterocycles. The minimum atomic E-state index is -1.52. The van der Waals surface area contributed by atoms with Crippen molar-refractivity contribution in [3.8, 4) is 0 Å². The van der Waals surface area contributed by atoms with E-state index >= 15 is 0 Å². The predicted octanol–water partition coefficient (Wildman–Crippen LogP) is 6.61. The number of hydrogen-bond acceptors (Lipinski definition) is 7. The third-order valence-electron chi connectivity index (χ3n) is 8.69. The maximum atomic E-state index is 14.0. The van der Waals surface area contributed by atoms with Gasteiger partial charge in [-0.2, -0.15) is 0 Å². The Bertz CT molecular complexity index is 1490. The predicted molar refractivity (Wildman–Crippen MR) is 161 cm³/mol. The average Bonchev–Trinajstić information content (AvgIpc) is 3.00. The highest BCUT2D eigenvalue weighted by Gasteiger charge is 2.60. The Morgan fingerprint density at radius 2 is 1.62 bits per heavy atom. The Labute approximate surface area is 251 Å². The first-order valence-corrected chi connectivity index (χ1v) is 15.5. The van der Waals surface area contributed by atoms with Gasteiger partial charge in [-0.1, -0.05) is 86.3 Å². The lowest BCUT2D eigenvalue weighted by atomic mass is 9.54. The molecule has 1 aliphatic carbocycles. The number of aldehydes is 1. The van der Waals surface area contributed by atoms with Gasteiger partial charge in [0.25, 0.3) is 0 Å². The van der Waals surface area contributed by atoms with Crippen LogP contribution < -0.4 is 0 Å². The summed E-state index contributed by atoms with van der Waals surface area (Å²) in [6.45, 7) is 5.75. The summed E-state index contributed by atoms with van der Waals surface area (Å²) in [5.41, 5.74) is 3.19. The van der Waals surface area contributed by atoms with Crippen LogP contribution in [0.2, 0.25) is 0 Å². The molecule has 1 fully saturated rings. The molecule has 0 radical (unpaired) electrons. The van der Waals surface area contributed by atoms with Crippen LogP contribution in [0.5, 0.6) is 0 Å². The molecule has 7 heteroatoms. The molecule has 1 aliphatic heterocycles. The van der Waals surface area contributed by atoms with Gasteiger partial charge in [0, 0.05) is 21.3 Å². The SMILES string of the molecule is CCOC(=O)C(C=O)(C1CC(C(=O)OCC(=O)c2ccccc2)C1)C1c2ccccc2Sc2c(CC)cc(CC)cc21. The van der Waals surface area contributed by atoms with Crippen LogP contribution >= 0.6 is 11.8 Å². The molecular formula is C35H36O6S. The monoisotopic (exact) mass is 584 g/mol. The average molecular weight is 585 g/mol. The topological polar surface area (TPSA) is 86.7 Å². The molecule has 1 saturated carbocycles. The van der Waals surface area contributed by atoms with Crippen LogP contribution in [0, 0.1) is 17.3 Å². The number of ketones is 1. The second-order valence-corrected chi connectivity index (χ2v) is 12.0. The standard InChI is InChI=1S/C35H36O6S/c1-4-22-16-23(5-2)32-28(17-22)31(27-14-10-11-15-30(27)42-32)35(21-36,34(39)40-6-3)26-18-25(19-26)33(38)41-20-29(37)24-12-8-7-9-13-24/h7-17,21,25-26,31H,4-6,18-20H2,1-3H3. The summed E-state index contributed by atoms with van der Waals surface area (Å²) >= 11 is 1.68. The fourth-order valence-corrected chi connectivity index (χ4v) is 7.64. The summed E-state index contributed by atoms with van der Waals surface area (Å²) in [5.74, 6) is -2.82. The van der Waals surface area contributed by atoms with Gasteiger partial charge in [-0.05, 0) is 66.8 Å². The molecule has 0 bridgehead atoms. The van der Waals surface area contributed by atoms with Crippen LogP contribution in [-0.4, -0.2) is 37.2 Å². The van der Waals surface area contributed by atoms with Crippen molar-refractivity contribution in [3.63, 3.8) is 0 Å². The van der Waals surface area contributed by atoms with Gasteiger partial charge in [0.1, 0.15) is 11.7 Å². The zero-order chi connectivity index (χ0) is 29.9. The highest BCUT2D eigenvalue weighted by Crippen LogP contribution is 2.60. The summed E-state index contributed by atoms with van der Waals surface area (Å²) in [7, 11) is 0. The first-order valence-electron chi connectivity index (χ1n) is 14.7. The van der Waals surface area contributed by atoms with Gasteiger partial charge in [-0.3, -0.25) is 14.4 Å². The van der Waals surface area contributed by atoms with Crippen molar-refractivity contribution in [2.24, 2.45) is 17.3 Å². The summed E-state index contributed by atoms with van der Waals surface area (Å²) in [6.07, 6.45) is 3.02. The summed E-state index contributed by atoms with van der Waals surface area (Å²) in [6, 6.07) is 21.0. The van der Waals surface area contributed by atoms with E-state index in [1.165, 1.54) is 5.56 Å². The van der Waals surface area contributed by atoms with E-state index in [4.69, 9.17) is 9.47 Å². The number of rotatable bonds is 11. The van der Waals surface area contributed by atoms with Gasteiger partial charge in [0.05, 0.1) is 12.5 Å². The maximum absolute atomic E-state index is 14.0. The normalized spacial score (nSPS) is 20.2. The van der Waals surface area contributed by atoms with E-state index < -0.39 is 35.1 Å². The fraction of sp³-hybridized carbons (Fsp3) is 0.371. The van der Waals surface area contributed by atoms with E-state index in [0.717, 1.165) is 45.6 Å². The van der Waals surface area contributed by atoms with Crippen molar-refractivity contribution in [1.29, 1.82) is 0 Å². The van der Waals surface area contributed by atoms with Gasteiger partial charge < -0.3 is 14.3 Å². The van der Waals surface area contributed by atoms with Gasteiger partial charge in [0.2, 0.25) is 0 Å². The Morgan fingerprint density at radius 3 is 2.29 bits per heavy atom. The van der Waals surface area contributed by atoms with Crippen molar-refractivity contribution < 1.29 is 28.7 Å². The number of hydrogen-bond donors (Lipinski definition) is 0. The molecule has 2 unspecified atom stereocenters. The summed E-state index contributed by atoms with van der Waals surface area (Å²) < 4.78 is 11.0. The maximum Gasteiger partial charge on any atom is 0.320 e. The highest BCUT2D eigenvalue weighted by molar-refractivity contribution is 7.99. The Morgan fingerprint density at radius 1 is 0.905 bits per heavy atom. The lowest BCUT2D eigenvalue weighted by Crippen LogP contribution is -2.53. The Kier molecular flexibility index (Phi) is 8.97. The van der Waals surface area contributed by atoms with Gasteiger partial charge in [-0.15, -0.1) is 0 Å². The number of esters is 2. The van der Waals surface area contributed by atoms with Crippen LogP contribution in [-0.2, 0) is 36.7 Å². The van der Waals surface area contributed by atoms with Crippen molar-refractivity contribution >= 4 is 35.8 Å². The van der Waals surface area contributed by atoms with E-state index in [1.54, 1.807) is 43.0 Å². The van der Waals surface area contributed by atoms with Crippen molar-refractivity contribution in [3.05, 3.63) is 94.5 Å². The number of carbonyl (C=O) groups excluding carboxylic acids is 4. The smallest absolute Gasteiger partial charge is 0.320 e. The molecule has 218 valence electrons. The molecule has 2 aliphatic rings. The molecule has 5 rings (SSSR count). The minimum absolute atomic E-state index is 0.138. The quantitative estimate of drug-likeness (QED) is 0.109. The number of ether oxygens (including phenoxy) is 2. The van der Waals surface area contributed by atoms with Crippen LogP contribution in [0.4, 0.5) is 0 Å². The number of Topliss-reactive ketones (excluding diaryl/α,β-unsaturated/α-hetero) is 1. The lowest BCUT2D eigenvalue weighted by Gasteiger charge is -2.48. The minimum Gasteiger partial charge on any atom is -0.465 e. The Balaban J connectivity index is 1.49. The third kappa shape index (κ3) is 5.31. The number of benzene rings is 3. The zero-order valence-corrected chi connectivity index (χ0v) is 25.1. The van der Waals surface area contributed by atoms with Crippen LogP contribution in [0.1, 0.15) is 72.1 Å². The molecule has 6 nitrogen and oxygen atoms in total. The number of fused-ring (bicyclic) bond motifs is 2. The molecule has 2 atom stereocenters. The van der Waals surface area contributed by atoms with Gasteiger partial charge in [-0.25, -0.2) is 0 Å². The molecule has 3 aromatic rings. The molecular weight excluding hydrogens is 548 g/mol. The third-order valence-corrected chi connectivity index (χ3v) is 9.98. The molecule has 0 spiro atoms. The van der Waals surface area contributed by atoms with E-state index in [1.807, 2.05) is 30.3 Å². The lowest BCUT2D eigenvalue weighted by molar-refractivity contribution is -0.171. The Hall–Kier alpha value is -3.71. The summed E-state index contributed by atoms with van der Waals surface area (Å²) in [4.78, 5) is 54.9. The fourth-order valence-electron chi connectivity index (χ4n) is 6.34. The number of carbonyl (C=O) groups is 4.